The molecule has 0 bridgehead atoms. The van der Waals surface area contributed by atoms with Gasteiger partial charge in [-0.3, -0.25) is 0 Å². The Kier molecular flexibility index (Phi) is 5.39. The fraction of sp³-hybridized carbons (Fsp3) is 0.308. The minimum absolute atomic E-state index is 0.264. The minimum atomic E-state index is -0.949. The van der Waals surface area contributed by atoms with Gasteiger partial charge in [-0.2, -0.15) is 0 Å². The molecule has 0 radical (unpaired) electrons. The van der Waals surface area contributed by atoms with Crippen molar-refractivity contribution in [3.8, 4) is 0 Å². The number of aliphatic carboxylic acids is 1. The smallest absolute Gasteiger partial charge is 0.328 e. The summed E-state index contributed by atoms with van der Waals surface area (Å²) in [6.07, 6.45) is 2.69. The zero-order valence-electron chi connectivity index (χ0n) is 9.97. The zero-order valence-corrected chi connectivity index (χ0v) is 9.97. The van der Waals surface area contributed by atoms with E-state index in [0.717, 1.165) is 22.8 Å². The van der Waals surface area contributed by atoms with Gasteiger partial charge in [-0.25, -0.2) is 4.79 Å². The summed E-state index contributed by atoms with van der Waals surface area (Å²) < 4.78 is 10.0. The number of benzene rings is 1. The molecule has 0 spiro atoms. The molecule has 0 aliphatic carbocycles. The highest BCUT2D eigenvalue weighted by atomic mass is 16.7. The van der Waals surface area contributed by atoms with E-state index in [-0.39, 0.29) is 6.79 Å². The van der Waals surface area contributed by atoms with Gasteiger partial charge in [-0.05, 0) is 29.7 Å². The lowest BCUT2D eigenvalue weighted by Crippen LogP contribution is -1.98. The molecule has 0 aliphatic heterocycles. The largest absolute Gasteiger partial charge is 0.478 e. The van der Waals surface area contributed by atoms with Gasteiger partial charge in [0.15, 0.2) is 0 Å². The Balaban J connectivity index is 2.69. The normalized spacial score (nSPS) is 10.9. The van der Waals surface area contributed by atoms with Gasteiger partial charge in [0.05, 0.1) is 6.61 Å². The summed E-state index contributed by atoms with van der Waals surface area (Å²) in [4.78, 5) is 10.4. The van der Waals surface area contributed by atoms with Gasteiger partial charge in [-0.1, -0.05) is 18.2 Å². The van der Waals surface area contributed by atoms with Gasteiger partial charge in [0.25, 0.3) is 0 Å². The molecule has 0 saturated heterocycles. The first-order valence-electron chi connectivity index (χ1n) is 5.20. The fourth-order valence-electron chi connectivity index (χ4n) is 1.39. The van der Waals surface area contributed by atoms with Crippen LogP contribution in [0, 0.1) is 6.92 Å². The number of carboxylic acids is 1. The lowest BCUT2D eigenvalue weighted by atomic mass is 10.1. The third-order valence-electron chi connectivity index (χ3n) is 2.24. The van der Waals surface area contributed by atoms with Crippen molar-refractivity contribution in [3.63, 3.8) is 0 Å². The van der Waals surface area contributed by atoms with Crippen LogP contribution < -0.4 is 0 Å². The third kappa shape index (κ3) is 4.80. The first kappa shape index (κ1) is 13.4. The molecular formula is C13H16O4. The van der Waals surface area contributed by atoms with Crippen LogP contribution in [-0.2, 0) is 20.9 Å². The fourth-order valence-corrected chi connectivity index (χ4v) is 1.39. The molecule has 0 heterocycles. The van der Waals surface area contributed by atoms with Crippen molar-refractivity contribution in [2.24, 2.45) is 0 Å². The molecule has 1 aromatic rings. The van der Waals surface area contributed by atoms with Crippen molar-refractivity contribution >= 4 is 12.0 Å². The second kappa shape index (κ2) is 6.83. The molecule has 1 rings (SSSR count). The number of methoxy groups -OCH3 is 1. The number of rotatable bonds is 6. The predicted molar refractivity (Wildman–Crippen MR) is 64.5 cm³/mol. The zero-order chi connectivity index (χ0) is 12.7. The summed E-state index contributed by atoms with van der Waals surface area (Å²) in [6.45, 7) is 2.71. The van der Waals surface area contributed by atoms with E-state index in [9.17, 15) is 4.79 Å². The molecule has 0 amide bonds. The molecule has 0 saturated carbocycles. The van der Waals surface area contributed by atoms with Crippen LogP contribution in [0.4, 0.5) is 0 Å². The molecule has 17 heavy (non-hydrogen) atoms. The SMILES string of the molecule is COCOCc1ccc(/C=C/C(=O)O)cc1C. The molecule has 0 aromatic heterocycles. The highest BCUT2D eigenvalue weighted by Gasteiger charge is 1.99. The van der Waals surface area contributed by atoms with E-state index < -0.39 is 5.97 Å². The number of hydrogen-bond acceptors (Lipinski definition) is 3. The molecule has 0 atom stereocenters. The van der Waals surface area contributed by atoms with Crippen molar-refractivity contribution in [1.29, 1.82) is 0 Å². The highest BCUT2D eigenvalue weighted by Crippen LogP contribution is 2.13. The maximum Gasteiger partial charge on any atom is 0.328 e. The highest BCUT2D eigenvalue weighted by molar-refractivity contribution is 5.85. The van der Waals surface area contributed by atoms with E-state index in [1.807, 2.05) is 25.1 Å². The van der Waals surface area contributed by atoms with Gasteiger partial charge >= 0.3 is 5.97 Å². The molecule has 4 nitrogen and oxygen atoms in total. The minimum Gasteiger partial charge on any atom is -0.478 e. The quantitative estimate of drug-likeness (QED) is 0.467. The summed E-state index contributed by atoms with van der Waals surface area (Å²) in [6, 6.07) is 5.70. The molecule has 0 aliphatic rings. The summed E-state index contributed by atoms with van der Waals surface area (Å²) in [5.74, 6) is -0.949. The van der Waals surface area contributed by atoms with E-state index >= 15 is 0 Å². The number of hydrogen-bond donors (Lipinski definition) is 1. The van der Waals surface area contributed by atoms with Crippen molar-refractivity contribution in [2.75, 3.05) is 13.9 Å². The summed E-state index contributed by atoms with van der Waals surface area (Å²) in [5, 5.41) is 8.52. The topological polar surface area (TPSA) is 55.8 Å². The van der Waals surface area contributed by atoms with Crippen LogP contribution in [0.3, 0.4) is 0 Å². The predicted octanol–water partition coefficient (Wildman–Crippen LogP) is 2.21. The molecule has 0 unspecified atom stereocenters. The first-order valence-corrected chi connectivity index (χ1v) is 5.20. The molecule has 4 heteroatoms. The van der Waals surface area contributed by atoms with Gasteiger partial charge in [-0.15, -0.1) is 0 Å². The molecule has 0 fully saturated rings. The summed E-state index contributed by atoms with van der Waals surface area (Å²) >= 11 is 0. The van der Waals surface area contributed by atoms with E-state index in [0.29, 0.717) is 6.61 Å². The first-order chi connectivity index (χ1) is 8.13. The van der Waals surface area contributed by atoms with E-state index in [2.05, 4.69) is 0 Å². The Bertz CT molecular complexity index is 410. The van der Waals surface area contributed by atoms with Crippen LogP contribution in [0.15, 0.2) is 24.3 Å². The maximum atomic E-state index is 10.4. The van der Waals surface area contributed by atoms with Gasteiger partial charge < -0.3 is 14.6 Å². The second-order valence-corrected chi connectivity index (χ2v) is 3.61. The van der Waals surface area contributed by atoms with Gasteiger partial charge in [0, 0.05) is 13.2 Å². The molecule has 1 aromatic carbocycles. The number of aryl methyl sites for hydroxylation is 1. The van der Waals surface area contributed by atoms with E-state index in [4.69, 9.17) is 14.6 Å². The van der Waals surface area contributed by atoms with Crippen LogP contribution in [0.1, 0.15) is 16.7 Å². The number of carboxylic acid groups (broad SMARTS) is 1. The Labute approximate surface area is 100 Å². The average molecular weight is 236 g/mol. The average Bonchev–Trinajstić information content (AvgIpc) is 2.29. The lowest BCUT2D eigenvalue weighted by Gasteiger charge is -2.07. The van der Waals surface area contributed by atoms with Crippen molar-refractivity contribution in [3.05, 3.63) is 41.0 Å². The Morgan fingerprint density at radius 1 is 1.47 bits per heavy atom. The van der Waals surface area contributed by atoms with Crippen molar-refractivity contribution < 1.29 is 19.4 Å². The summed E-state index contributed by atoms with van der Waals surface area (Å²) in [5.41, 5.74) is 2.99. The van der Waals surface area contributed by atoms with E-state index in [1.54, 1.807) is 13.2 Å². The molecule has 1 N–H and O–H groups in total. The van der Waals surface area contributed by atoms with E-state index in [1.165, 1.54) is 0 Å². The standard InChI is InChI=1S/C13H16O4/c1-10-7-11(4-6-13(14)15)3-5-12(10)8-17-9-16-2/h3-7H,8-9H2,1-2H3,(H,14,15)/b6-4+. The second-order valence-electron chi connectivity index (χ2n) is 3.61. The van der Waals surface area contributed by atoms with Crippen LogP contribution in [0.25, 0.3) is 6.08 Å². The Morgan fingerprint density at radius 2 is 2.24 bits per heavy atom. The van der Waals surface area contributed by atoms with Crippen LogP contribution >= 0.6 is 0 Å². The van der Waals surface area contributed by atoms with Gasteiger partial charge in [0.2, 0.25) is 0 Å². The molecular weight excluding hydrogens is 220 g/mol. The van der Waals surface area contributed by atoms with Gasteiger partial charge in [0.1, 0.15) is 6.79 Å². The Morgan fingerprint density at radius 3 is 2.82 bits per heavy atom. The Hall–Kier alpha value is -1.65. The number of ether oxygens (including phenoxy) is 2. The van der Waals surface area contributed by atoms with Crippen LogP contribution in [0.5, 0.6) is 0 Å². The van der Waals surface area contributed by atoms with Crippen LogP contribution in [-0.4, -0.2) is 25.0 Å². The third-order valence-corrected chi connectivity index (χ3v) is 2.24. The lowest BCUT2D eigenvalue weighted by molar-refractivity contribution is -0.131. The monoisotopic (exact) mass is 236 g/mol. The number of carbonyl (C=O) groups is 1. The molecule has 92 valence electrons. The van der Waals surface area contributed by atoms with Crippen LogP contribution in [0.2, 0.25) is 0 Å². The maximum absolute atomic E-state index is 10.4. The van der Waals surface area contributed by atoms with Crippen molar-refractivity contribution in [2.45, 2.75) is 13.5 Å². The van der Waals surface area contributed by atoms with Crippen molar-refractivity contribution in [1.82, 2.24) is 0 Å². The summed E-state index contributed by atoms with van der Waals surface area (Å²) in [7, 11) is 1.58.